The first-order valence-electron chi connectivity index (χ1n) is 4.41. The van der Waals surface area contributed by atoms with Crippen molar-refractivity contribution in [3.05, 3.63) is 28.2 Å². The highest BCUT2D eigenvalue weighted by molar-refractivity contribution is 9.10. The lowest BCUT2D eigenvalue weighted by Crippen LogP contribution is -2.25. The van der Waals surface area contributed by atoms with E-state index in [9.17, 15) is 21.6 Å². The molecular formula is C9H7BrClF3O3S. The molecule has 0 bridgehead atoms. The number of benzene rings is 1. The molecule has 0 aliphatic heterocycles. The number of halogens is 5. The summed E-state index contributed by atoms with van der Waals surface area (Å²) in [4.78, 5) is 0. The Morgan fingerprint density at radius 1 is 1.39 bits per heavy atom. The van der Waals surface area contributed by atoms with Crippen molar-refractivity contribution in [1.29, 1.82) is 0 Å². The van der Waals surface area contributed by atoms with Crippen LogP contribution in [0.25, 0.3) is 0 Å². The van der Waals surface area contributed by atoms with E-state index in [1.54, 1.807) is 0 Å². The zero-order chi connectivity index (χ0) is 14.1. The Bertz CT molecular complexity index is 544. The first-order chi connectivity index (χ1) is 8.07. The van der Waals surface area contributed by atoms with Gasteiger partial charge in [0.2, 0.25) is 9.05 Å². The molecule has 1 aromatic rings. The van der Waals surface area contributed by atoms with Gasteiger partial charge in [0, 0.05) is 10.7 Å². The van der Waals surface area contributed by atoms with Crippen LogP contribution in [0.3, 0.4) is 0 Å². The minimum Gasteiger partial charge on any atom is -0.496 e. The fourth-order valence-electron chi connectivity index (χ4n) is 1.36. The van der Waals surface area contributed by atoms with Crippen molar-refractivity contribution >= 4 is 35.7 Å². The third kappa shape index (κ3) is 3.52. The summed E-state index contributed by atoms with van der Waals surface area (Å²) in [5.74, 6) is 0.284. The zero-order valence-electron chi connectivity index (χ0n) is 8.83. The van der Waals surface area contributed by atoms with E-state index in [1.807, 2.05) is 0 Å². The maximum Gasteiger partial charge on any atom is 0.410 e. The first-order valence-corrected chi connectivity index (χ1v) is 7.57. The highest BCUT2D eigenvalue weighted by atomic mass is 79.9. The number of methoxy groups -OCH3 is 1. The van der Waals surface area contributed by atoms with Crippen molar-refractivity contribution in [2.45, 2.75) is 11.4 Å². The van der Waals surface area contributed by atoms with Crippen molar-refractivity contribution in [3.8, 4) is 5.75 Å². The Morgan fingerprint density at radius 2 is 1.94 bits per heavy atom. The van der Waals surface area contributed by atoms with Gasteiger partial charge in [-0.1, -0.05) is 6.07 Å². The topological polar surface area (TPSA) is 43.4 Å². The summed E-state index contributed by atoms with van der Waals surface area (Å²) in [6.07, 6.45) is -4.99. The van der Waals surface area contributed by atoms with Gasteiger partial charge >= 0.3 is 6.18 Å². The maximum atomic E-state index is 12.7. The molecule has 9 heteroatoms. The molecule has 0 radical (unpaired) electrons. The molecule has 0 aliphatic carbocycles. The lowest BCUT2D eigenvalue weighted by atomic mass is 10.1. The van der Waals surface area contributed by atoms with Crippen LogP contribution < -0.4 is 4.74 Å². The van der Waals surface area contributed by atoms with Gasteiger partial charge in [-0.2, -0.15) is 13.2 Å². The second-order valence-electron chi connectivity index (χ2n) is 3.29. The molecule has 0 saturated heterocycles. The van der Waals surface area contributed by atoms with Crippen molar-refractivity contribution in [1.82, 2.24) is 0 Å². The van der Waals surface area contributed by atoms with Crippen LogP contribution in [0.15, 0.2) is 22.7 Å². The van der Waals surface area contributed by atoms with E-state index in [1.165, 1.54) is 13.2 Å². The van der Waals surface area contributed by atoms with Crippen molar-refractivity contribution < 1.29 is 26.3 Å². The number of hydrogen-bond acceptors (Lipinski definition) is 3. The van der Waals surface area contributed by atoms with E-state index >= 15 is 0 Å². The molecular weight excluding hydrogens is 361 g/mol. The van der Waals surface area contributed by atoms with Gasteiger partial charge in [-0.3, -0.25) is 0 Å². The highest BCUT2D eigenvalue weighted by Gasteiger charge is 2.49. The SMILES string of the molecule is COc1ccc(C(C(F)(F)F)S(=O)(=O)Cl)cc1Br. The van der Waals surface area contributed by atoms with Gasteiger partial charge in [-0.25, -0.2) is 8.42 Å². The predicted octanol–water partition coefficient (Wildman–Crippen LogP) is 3.63. The summed E-state index contributed by atoms with van der Waals surface area (Å²) in [5, 5.41) is -2.77. The molecule has 0 saturated carbocycles. The molecule has 3 nitrogen and oxygen atoms in total. The minimum absolute atomic E-state index is 0.206. The molecule has 0 aliphatic rings. The Balaban J connectivity index is 3.37. The Labute approximate surface area is 114 Å². The highest BCUT2D eigenvalue weighted by Crippen LogP contribution is 2.42. The van der Waals surface area contributed by atoms with Crippen molar-refractivity contribution in [2.24, 2.45) is 0 Å². The zero-order valence-corrected chi connectivity index (χ0v) is 12.0. The summed E-state index contributed by atoms with van der Waals surface area (Å²) < 4.78 is 65.2. The lowest BCUT2D eigenvalue weighted by molar-refractivity contribution is -0.131. The normalized spacial score (nSPS) is 14.3. The third-order valence-electron chi connectivity index (χ3n) is 2.06. The molecule has 1 unspecified atom stereocenters. The standard InChI is InChI=1S/C9H7BrClF3O3S/c1-17-7-3-2-5(4-6(7)10)8(9(12,13)14)18(11,15)16/h2-4,8H,1H3. The van der Waals surface area contributed by atoms with Crippen LogP contribution in [0, 0.1) is 0 Å². The van der Waals surface area contributed by atoms with Crippen LogP contribution in [-0.2, 0) is 9.05 Å². The summed E-state index contributed by atoms with van der Waals surface area (Å²) in [6.45, 7) is 0. The molecule has 0 aromatic heterocycles. The van der Waals surface area contributed by atoms with Crippen LogP contribution in [0.2, 0.25) is 0 Å². The average molecular weight is 368 g/mol. The van der Waals surface area contributed by atoms with Crippen LogP contribution in [0.4, 0.5) is 13.2 Å². The van der Waals surface area contributed by atoms with Crippen LogP contribution >= 0.6 is 26.6 Å². The quantitative estimate of drug-likeness (QED) is 0.766. The second-order valence-corrected chi connectivity index (χ2v) is 6.86. The van der Waals surface area contributed by atoms with Gasteiger partial charge < -0.3 is 4.74 Å². The van der Waals surface area contributed by atoms with Gasteiger partial charge in [0.25, 0.3) is 0 Å². The maximum absolute atomic E-state index is 12.7. The molecule has 0 amide bonds. The van der Waals surface area contributed by atoms with Crippen molar-refractivity contribution in [3.63, 3.8) is 0 Å². The van der Waals surface area contributed by atoms with E-state index in [0.717, 1.165) is 12.1 Å². The van der Waals surface area contributed by atoms with Gasteiger partial charge in [0.05, 0.1) is 11.6 Å². The van der Waals surface area contributed by atoms with E-state index < -0.39 is 26.0 Å². The monoisotopic (exact) mass is 366 g/mol. The molecule has 1 rings (SSSR count). The Morgan fingerprint density at radius 3 is 2.28 bits per heavy atom. The molecule has 0 N–H and O–H groups in total. The molecule has 1 atom stereocenters. The first kappa shape index (κ1) is 15.6. The predicted molar refractivity (Wildman–Crippen MR) is 64.3 cm³/mol. The summed E-state index contributed by atoms with van der Waals surface area (Å²) >= 11 is 2.98. The third-order valence-corrected chi connectivity index (χ3v) is 4.31. The van der Waals surface area contributed by atoms with Crippen LogP contribution in [0.1, 0.15) is 10.8 Å². The van der Waals surface area contributed by atoms with E-state index in [0.29, 0.717) is 0 Å². The molecule has 0 heterocycles. The smallest absolute Gasteiger partial charge is 0.410 e. The molecule has 0 spiro atoms. The van der Waals surface area contributed by atoms with E-state index in [-0.39, 0.29) is 10.2 Å². The molecule has 18 heavy (non-hydrogen) atoms. The molecule has 102 valence electrons. The van der Waals surface area contributed by atoms with Crippen LogP contribution in [-0.4, -0.2) is 21.7 Å². The summed E-state index contributed by atoms with van der Waals surface area (Å²) in [5.41, 5.74) is -0.481. The Hall–Kier alpha value is -0.470. The van der Waals surface area contributed by atoms with Gasteiger partial charge in [-0.05, 0) is 33.6 Å². The largest absolute Gasteiger partial charge is 0.496 e. The fourth-order valence-corrected chi connectivity index (χ4v) is 3.32. The number of hydrogen-bond donors (Lipinski definition) is 0. The summed E-state index contributed by atoms with van der Waals surface area (Å²) in [7, 11) is 1.36. The fraction of sp³-hybridized carbons (Fsp3) is 0.333. The van der Waals surface area contributed by atoms with Gasteiger partial charge in [-0.15, -0.1) is 0 Å². The van der Waals surface area contributed by atoms with Gasteiger partial charge in [0.15, 0.2) is 5.25 Å². The van der Waals surface area contributed by atoms with Crippen molar-refractivity contribution in [2.75, 3.05) is 7.11 Å². The van der Waals surface area contributed by atoms with Crippen LogP contribution in [0.5, 0.6) is 5.75 Å². The second kappa shape index (κ2) is 5.26. The van der Waals surface area contributed by atoms with E-state index in [2.05, 4.69) is 15.9 Å². The number of ether oxygens (including phenoxy) is 1. The average Bonchev–Trinajstić information content (AvgIpc) is 2.13. The minimum atomic E-state index is -4.99. The number of alkyl halides is 3. The summed E-state index contributed by atoms with van der Waals surface area (Å²) in [6, 6.07) is 3.23. The molecule has 0 fully saturated rings. The van der Waals surface area contributed by atoms with Gasteiger partial charge in [0.1, 0.15) is 5.75 Å². The number of rotatable bonds is 3. The lowest BCUT2D eigenvalue weighted by Gasteiger charge is -2.18. The molecule has 1 aromatic carbocycles. The Kier molecular flexibility index (Phi) is 4.56. The van der Waals surface area contributed by atoms with E-state index in [4.69, 9.17) is 15.4 Å².